The average molecular weight is 437 g/mol. The Hall–Kier alpha value is -4.14. The molecule has 2 aromatic carbocycles. The van der Waals surface area contributed by atoms with Crippen molar-refractivity contribution >= 4 is 35.0 Å². The Morgan fingerprint density at radius 3 is 1.28 bits per heavy atom. The van der Waals surface area contributed by atoms with Gasteiger partial charge >= 0.3 is 17.9 Å². The molecule has 32 heavy (non-hydrogen) atoms. The van der Waals surface area contributed by atoms with E-state index in [0.29, 0.717) is 28.3 Å². The maximum Gasteiger partial charge on any atom is 0.331 e. The van der Waals surface area contributed by atoms with Crippen molar-refractivity contribution < 1.29 is 28.9 Å². The summed E-state index contributed by atoms with van der Waals surface area (Å²) in [4.78, 5) is 48.5. The van der Waals surface area contributed by atoms with E-state index in [2.05, 4.69) is 15.5 Å². The zero-order valence-electron chi connectivity index (χ0n) is 18.0. The number of benzene rings is 2. The Balaban J connectivity index is 2.42. The van der Waals surface area contributed by atoms with E-state index >= 15 is 0 Å². The van der Waals surface area contributed by atoms with Crippen LogP contribution in [-0.2, 0) is 28.9 Å². The van der Waals surface area contributed by atoms with Gasteiger partial charge in [-0.3, -0.25) is 0 Å². The van der Waals surface area contributed by atoms with Gasteiger partial charge in [-0.15, -0.1) is 0 Å². The zero-order chi connectivity index (χ0) is 23.3. The molecule has 0 fully saturated rings. The van der Waals surface area contributed by atoms with Crippen molar-refractivity contribution in [1.82, 2.24) is 0 Å². The Bertz CT molecular complexity index is 957. The van der Waals surface area contributed by atoms with Crippen LogP contribution >= 0.6 is 0 Å². The van der Waals surface area contributed by atoms with Gasteiger partial charge in [-0.25, -0.2) is 14.4 Å². The Labute approximate surface area is 185 Å². The molecule has 9 nitrogen and oxygen atoms in total. The van der Waals surface area contributed by atoms with Gasteiger partial charge in [-0.1, -0.05) is 76.1 Å². The van der Waals surface area contributed by atoms with Gasteiger partial charge in [0, 0.05) is 33.6 Å². The summed E-state index contributed by atoms with van der Waals surface area (Å²) >= 11 is 0. The largest absolute Gasteiger partial charge is 0.331 e. The molecule has 0 aromatic heterocycles. The standard InChI is InChI=1S/C23H23N3O6/c1-16(27)30-24-21(14-22(25-31-17(2)28)19-10-6-4-7-11-19)15-23(26-32-18(3)29)20-12-8-5-9-13-20/h4-13H,14-15H2,1-3H3. The number of carbonyl (C=O) groups is 3. The third-order valence-electron chi connectivity index (χ3n) is 3.83. The lowest BCUT2D eigenvalue weighted by Gasteiger charge is -2.11. The molecule has 0 unspecified atom stereocenters. The molecule has 0 bridgehead atoms. The molecule has 0 aliphatic rings. The van der Waals surface area contributed by atoms with Gasteiger partial charge in [0.1, 0.15) is 0 Å². The van der Waals surface area contributed by atoms with Crippen LogP contribution in [0, 0.1) is 0 Å². The van der Waals surface area contributed by atoms with Crippen LogP contribution in [0.15, 0.2) is 76.1 Å². The van der Waals surface area contributed by atoms with Crippen LogP contribution < -0.4 is 0 Å². The monoisotopic (exact) mass is 437 g/mol. The molecule has 0 saturated carbocycles. The van der Waals surface area contributed by atoms with E-state index in [4.69, 9.17) is 14.5 Å². The highest BCUT2D eigenvalue weighted by Gasteiger charge is 2.16. The second-order valence-corrected chi connectivity index (χ2v) is 6.57. The third-order valence-corrected chi connectivity index (χ3v) is 3.83. The van der Waals surface area contributed by atoms with E-state index in [1.807, 2.05) is 12.1 Å². The molecule has 0 amide bonds. The van der Waals surface area contributed by atoms with Gasteiger partial charge in [0.05, 0.1) is 17.1 Å². The first-order valence-electron chi connectivity index (χ1n) is 9.68. The molecule has 0 aliphatic heterocycles. The zero-order valence-corrected chi connectivity index (χ0v) is 18.0. The second kappa shape index (κ2) is 12.5. The van der Waals surface area contributed by atoms with E-state index in [1.54, 1.807) is 48.5 Å². The number of nitrogens with zero attached hydrogens (tertiary/aromatic N) is 3. The van der Waals surface area contributed by atoms with Crippen LogP contribution in [0.3, 0.4) is 0 Å². The van der Waals surface area contributed by atoms with Crippen LogP contribution in [0.2, 0.25) is 0 Å². The predicted molar refractivity (Wildman–Crippen MR) is 118 cm³/mol. The van der Waals surface area contributed by atoms with Crippen molar-refractivity contribution in [1.29, 1.82) is 0 Å². The molecule has 2 rings (SSSR count). The first kappa shape index (κ1) is 24.1. The van der Waals surface area contributed by atoms with E-state index < -0.39 is 17.9 Å². The minimum absolute atomic E-state index is 0.0660. The van der Waals surface area contributed by atoms with Crippen LogP contribution in [0.25, 0.3) is 0 Å². The molecular formula is C23H23N3O6. The second-order valence-electron chi connectivity index (χ2n) is 6.57. The van der Waals surface area contributed by atoms with Crippen LogP contribution in [0.4, 0.5) is 0 Å². The van der Waals surface area contributed by atoms with E-state index in [1.165, 1.54) is 20.8 Å². The van der Waals surface area contributed by atoms with E-state index in [-0.39, 0.29) is 12.8 Å². The van der Waals surface area contributed by atoms with Crippen molar-refractivity contribution in [3.63, 3.8) is 0 Å². The number of rotatable bonds is 9. The molecule has 0 heterocycles. The van der Waals surface area contributed by atoms with Crippen LogP contribution in [0.1, 0.15) is 44.7 Å². The maximum atomic E-state index is 11.4. The van der Waals surface area contributed by atoms with Gasteiger partial charge in [-0.05, 0) is 11.1 Å². The van der Waals surface area contributed by atoms with Gasteiger partial charge in [0.2, 0.25) is 0 Å². The molecule has 0 N–H and O–H groups in total. The highest BCUT2D eigenvalue weighted by Crippen LogP contribution is 2.13. The summed E-state index contributed by atoms with van der Waals surface area (Å²) in [6.45, 7) is 3.69. The van der Waals surface area contributed by atoms with E-state index in [0.717, 1.165) is 0 Å². The summed E-state index contributed by atoms with van der Waals surface area (Å²) in [7, 11) is 0. The molecule has 166 valence electrons. The number of carbonyl (C=O) groups excluding carboxylic acids is 3. The Morgan fingerprint density at radius 2 is 0.938 bits per heavy atom. The van der Waals surface area contributed by atoms with Crippen molar-refractivity contribution in [3.8, 4) is 0 Å². The van der Waals surface area contributed by atoms with Crippen LogP contribution in [-0.4, -0.2) is 35.0 Å². The molecule has 0 spiro atoms. The van der Waals surface area contributed by atoms with Crippen molar-refractivity contribution in [2.24, 2.45) is 15.5 Å². The Kier molecular flexibility index (Phi) is 9.45. The topological polar surface area (TPSA) is 116 Å². The lowest BCUT2D eigenvalue weighted by Crippen LogP contribution is -2.17. The summed E-state index contributed by atoms with van der Waals surface area (Å²) in [5.74, 6) is -1.78. The van der Waals surface area contributed by atoms with Gasteiger partial charge < -0.3 is 14.5 Å². The summed E-state index contributed by atoms with van der Waals surface area (Å²) < 4.78 is 0. The molecule has 0 saturated heterocycles. The minimum atomic E-state index is -0.612. The smallest absolute Gasteiger partial charge is 0.319 e. The van der Waals surface area contributed by atoms with E-state index in [9.17, 15) is 14.4 Å². The minimum Gasteiger partial charge on any atom is -0.319 e. The maximum absolute atomic E-state index is 11.4. The van der Waals surface area contributed by atoms with Crippen molar-refractivity contribution in [2.45, 2.75) is 33.6 Å². The quantitative estimate of drug-likeness (QED) is 0.336. The Morgan fingerprint density at radius 1 is 0.594 bits per heavy atom. The normalized spacial score (nSPS) is 11.3. The summed E-state index contributed by atoms with van der Waals surface area (Å²) in [6.07, 6.45) is 0.132. The number of hydrogen-bond donors (Lipinski definition) is 0. The SMILES string of the molecule is CC(=O)ON=C(CC(=NOC(C)=O)c1ccccc1)CC(=NOC(C)=O)c1ccccc1. The lowest BCUT2D eigenvalue weighted by molar-refractivity contribution is -0.141. The average Bonchev–Trinajstić information content (AvgIpc) is 2.78. The third kappa shape index (κ3) is 8.70. The first-order chi connectivity index (χ1) is 15.3. The molecule has 2 aromatic rings. The summed E-state index contributed by atoms with van der Waals surface area (Å²) in [5.41, 5.74) is 2.47. The predicted octanol–water partition coefficient (Wildman–Crippen LogP) is 3.62. The fourth-order valence-electron chi connectivity index (χ4n) is 2.52. The fourth-order valence-corrected chi connectivity index (χ4v) is 2.52. The molecule has 0 atom stereocenters. The van der Waals surface area contributed by atoms with Gasteiger partial charge in [-0.2, -0.15) is 0 Å². The summed E-state index contributed by atoms with van der Waals surface area (Å²) in [6, 6.07) is 18.0. The molecule has 0 radical (unpaired) electrons. The molecule has 9 heteroatoms. The van der Waals surface area contributed by atoms with Gasteiger partial charge in [0.25, 0.3) is 0 Å². The highest BCUT2D eigenvalue weighted by atomic mass is 16.7. The lowest BCUT2D eigenvalue weighted by atomic mass is 9.99. The molecular weight excluding hydrogens is 414 g/mol. The van der Waals surface area contributed by atoms with Crippen molar-refractivity contribution in [3.05, 3.63) is 71.8 Å². The summed E-state index contributed by atoms with van der Waals surface area (Å²) in [5, 5.41) is 11.8. The van der Waals surface area contributed by atoms with Crippen molar-refractivity contribution in [2.75, 3.05) is 0 Å². The fraction of sp³-hybridized carbons (Fsp3) is 0.217. The number of hydrogen-bond acceptors (Lipinski definition) is 9. The molecule has 0 aliphatic carbocycles. The highest BCUT2D eigenvalue weighted by molar-refractivity contribution is 6.19. The van der Waals surface area contributed by atoms with Crippen LogP contribution in [0.5, 0.6) is 0 Å². The first-order valence-corrected chi connectivity index (χ1v) is 9.68. The number of oxime groups is 3. The van der Waals surface area contributed by atoms with Gasteiger partial charge in [0.15, 0.2) is 0 Å².